The summed E-state index contributed by atoms with van der Waals surface area (Å²) in [4.78, 5) is 37.7. The van der Waals surface area contributed by atoms with E-state index in [0.29, 0.717) is 25.2 Å². The highest BCUT2D eigenvalue weighted by atomic mass is 16.5. The van der Waals surface area contributed by atoms with Crippen molar-refractivity contribution < 1.29 is 29.3 Å². The lowest BCUT2D eigenvalue weighted by atomic mass is 9.84. The van der Waals surface area contributed by atoms with Crippen molar-refractivity contribution in [3.05, 3.63) is 34.9 Å². The molecule has 1 aliphatic carbocycles. The first-order chi connectivity index (χ1) is 13.3. The second kappa shape index (κ2) is 9.53. The highest BCUT2D eigenvalue weighted by Gasteiger charge is 2.35. The van der Waals surface area contributed by atoms with Gasteiger partial charge in [0.15, 0.2) is 11.6 Å². The summed E-state index contributed by atoms with van der Waals surface area (Å²) in [6.45, 7) is 6.07. The second-order valence-corrected chi connectivity index (χ2v) is 7.55. The molecule has 6 heteroatoms. The minimum Gasteiger partial charge on any atom is -0.507 e. The Balaban J connectivity index is 2.32. The molecule has 0 amide bonds. The van der Waals surface area contributed by atoms with Crippen LogP contribution in [0.2, 0.25) is 0 Å². The number of aromatic hydroxyl groups is 2. The molecule has 0 saturated carbocycles. The lowest BCUT2D eigenvalue weighted by Crippen LogP contribution is -2.29. The molecule has 28 heavy (non-hydrogen) atoms. The highest BCUT2D eigenvalue weighted by Crippen LogP contribution is 2.36. The lowest BCUT2D eigenvalue weighted by Gasteiger charge is -2.24. The van der Waals surface area contributed by atoms with Crippen LogP contribution in [0.1, 0.15) is 80.0 Å². The Kier molecular flexibility index (Phi) is 7.38. The van der Waals surface area contributed by atoms with E-state index in [2.05, 4.69) is 0 Å². The molecule has 2 rings (SSSR count). The van der Waals surface area contributed by atoms with E-state index < -0.39 is 23.6 Å². The number of ketones is 2. The average Bonchev–Trinajstić information content (AvgIpc) is 2.63. The Morgan fingerprint density at radius 1 is 1.04 bits per heavy atom. The number of phenolic OH excluding ortho intramolecular Hbond substituents is 2. The van der Waals surface area contributed by atoms with E-state index in [9.17, 15) is 24.6 Å². The Morgan fingerprint density at radius 2 is 1.68 bits per heavy atom. The summed E-state index contributed by atoms with van der Waals surface area (Å²) in [6.07, 6.45) is 4.20. The summed E-state index contributed by atoms with van der Waals surface area (Å²) in [5, 5.41) is 20.0. The summed E-state index contributed by atoms with van der Waals surface area (Å²) in [5.41, 5.74) is -0.410. The molecule has 0 radical (unpaired) electrons. The van der Waals surface area contributed by atoms with E-state index in [1.807, 2.05) is 20.8 Å². The van der Waals surface area contributed by atoms with Crippen LogP contribution in [0.3, 0.4) is 0 Å². The molecule has 0 aliphatic heterocycles. The molecular weight excluding hydrogens is 360 g/mol. The normalized spacial score (nSPS) is 14.6. The van der Waals surface area contributed by atoms with Crippen molar-refractivity contribution in [2.45, 2.75) is 65.4 Å². The number of unbranched alkanes of at least 4 members (excludes halogenated alkanes) is 2. The van der Waals surface area contributed by atoms with Crippen LogP contribution in [0, 0.1) is 5.92 Å². The standard InChI is InChI=1S/C22H28O6/c1-4-5-6-7-19(26)28-18(11-8-13(2)3)14-12-17(25)20-15(23)9-10-16(24)21(20)22(14)27/h9-10,12-13,18,23-24H,4-8,11H2,1-3H3. The van der Waals surface area contributed by atoms with Crippen LogP contribution in [0.25, 0.3) is 0 Å². The third-order valence-corrected chi connectivity index (χ3v) is 4.79. The molecule has 1 aromatic rings. The van der Waals surface area contributed by atoms with Gasteiger partial charge in [0.1, 0.15) is 17.6 Å². The predicted molar refractivity (Wildman–Crippen MR) is 105 cm³/mol. The molecule has 2 N–H and O–H groups in total. The zero-order valence-electron chi connectivity index (χ0n) is 16.7. The van der Waals surface area contributed by atoms with Crippen molar-refractivity contribution in [1.29, 1.82) is 0 Å². The van der Waals surface area contributed by atoms with Crippen LogP contribution in [0.4, 0.5) is 0 Å². The number of hydrogen-bond donors (Lipinski definition) is 2. The summed E-state index contributed by atoms with van der Waals surface area (Å²) in [6, 6.07) is 2.34. The first-order valence-electron chi connectivity index (χ1n) is 9.81. The lowest BCUT2D eigenvalue weighted by molar-refractivity contribution is -0.147. The zero-order chi connectivity index (χ0) is 20.8. The molecule has 1 aromatic carbocycles. The fourth-order valence-corrected chi connectivity index (χ4v) is 3.22. The number of ether oxygens (including phenoxy) is 1. The Bertz CT molecular complexity index is 790. The van der Waals surface area contributed by atoms with Crippen LogP contribution < -0.4 is 0 Å². The van der Waals surface area contributed by atoms with E-state index in [1.165, 1.54) is 12.1 Å². The molecule has 1 unspecified atom stereocenters. The molecule has 0 fully saturated rings. The quantitative estimate of drug-likeness (QED) is 0.371. The third kappa shape index (κ3) is 5.00. The number of carbonyl (C=O) groups excluding carboxylic acids is 3. The predicted octanol–water partition coefficient (Wildman–Crippen LogP) is 4.33. The summed E-state index contributed by atoms with van der Waals surface area (Å²) < 4.78 is 5.57. The molecule has 0 aromatic heterocycles. The van der Waals surface area contributed by atoms with Gasteiger partial charge in [-0.2, -0.15) is 0 Å². The SMILES string of the molecule is CCCCCC(=O)OC(CCC(C)C)C1=CC(=O)c2c(O)ccc(O)c2C1=O. The van der Waals surface area contributed by atoms with E-state index in [4.69, 9.17) is 4.74 Å². The fraction of sp³-hybridized carbons (Fsp3) is 0.500. The topological polar surface area (TPSA) is 101 Å². The van der Waals surface area contributed by atoms with E-state index in [-0.39, 0.29) is 34.6 Å². The summed E-state index contributed by atoms with van der Waals surface area (Å²) >= 11 is 0. The van der Waals surface area contributed by atoms with Crippen LogP contribution >= 0.6 is 0 Å². The number of hydrogen-bond acceptors (Lipinski definition) is 6. The number of rotatable bonds is 9. The van der Waals surface area contributed by atoms with Crippen molar-refractivity contribution in [3.8, 4) is 11.5 Å². The first-order valence-corrected chi connectivity index (χ1v) is 9.81. The van der Waals surface area contributed by atoms with Crippen LogP contribution in [0.15, 0.2) is 23.8 Å². The molecule has 1 atom stereocenters. The van der Waals surface area contributed by atoms with Gasteiger partial charge in [0, 0.05) is 12.0 Å². The van der Waals surface area contributed by atoms with Gasteiger partial charge in [-0.1, -0.05) is 33.6 Å². The van der Waals surface area contributed by atoms with Gasteiger partial charge in [0.2, 0.25) is 0 Å². The van der Waals surface area contributed by atoms with Gasteiger partial charge in [-0.25, -0.2) is 0 Å². The summed E-state index contributed by atoms with van der Waals surface area (Å²) in [7, 11) is 0. The Labute approximate surface area is 165 Å². The van der Waals surface area contributed by atoms with Gasteiger partial charge in [0.25, 0.3) is 0 Å². The Hall–Kier alpha value is -2.63. The first kappa shape index (κ1) is 21.7. The molecule has 1 aliphatic rings. The van der Waals surface area contributed by atoms with Crippen molar-refractivity contribution in [1.82, 2.24) is 0 Å². The van der Waals surface area contributed by atoms with Crippen molar-refractivity contribution in [2.24, 2.45) is 5.92 Å². The monoisotopic (exact) mass is 388 g/mol. The number of carbonyl (C=O) groups is 3. The maximum absolute atomic E-state index is 13.0. The number of esters is 1. The molecular formula is C22H28O6. The maximum atomic E-state index is 13.0. The fourth-order valence-electron chi connectivity index (χ4n) is 3.22. The molecule has 0 heterocycles. The molecule has 0 saturated heterocycles. The number of benzene rings is 1. The molecule has 0 spiro atoms. The highest BCUT2D eigenvalue weighted by molar-refractivity contribution is 6.27. The summed E-state index contributed by atoms with van der Waals surface area (Å²) in [5.74, 6) is -2.02. The zero-order valence-corrected chi connectivity index (χ0v) is 16.7. The van der Waals surface area contributed by atoms with Crippen LogP contribution in [0.5, 0.6) is 11.5 Å². The van der Waals surface area contributed by atoms with Crippen molar-refractivity contribution in [3.63, 3.8) is 0 Å². The molecule has 0 bridgehead atoms. The van der Waals surface area contributed by atoms with Gasteiger partial charge in [-0.15, -0.1) is 0 Å². The van der Waals surface area contributed by atoms with Gasteiger partial charge >= 0.3 is 5.97 Å². The smallest absolute Gasteiger partial charge is 0.306 e. The number of Topliss-reactive ketones (excluding diaryl/α,β-unsaturated/α-hetero) is 1. The van der Waals surface area contributed by atoms with E-state index in [0.717, 1.165) is 18.9 Å². The number of fused-ring (bicyclic) bond motifs is 1. The van der Waals surface area contributed by atoms with E-state index >= 15 is 0 Å². The van der Waals surface area contributed by atoms with Crippen molar-refractivity contribution >= 4 is 17.5 Å². The molecule has 6 nitrogen and oxygen atoms in total. The van der Waals surface area contributed by atoms with Gasteiger partial charge < -0.3 is 14.9 Å². The molecule has 152 valence electrons. The van der Waals surface area contributed by atoms with E-state index in [1.54, 1.807) is 0 Å². The Morgan fingerprint density at radius 3 is 2.29 bits per heavy atom. The number of phenols is 2. The second-order valence-electron chi connectivity index (χ2n) is 7.55. The van der Waals surface area contributed by atoms with Gasteiger partial charge in [0.05, 0.1) is 11.1 Å². The minimum absolute atomic E-state index is 0.0443. The largest absolute Gasteiger partial charge is 0.507 e. The third-order valence-electron chi connectivity index (χ3n) is 4.79. The number of allylic oxidation sites excluding steroid dienone is 1. The van der Waals surface area contributed by atoms with Crippen LogP contribution in [-0.2, 0) is 9.53 Å². The maximum Gasteiger partial charge on any atom is 0.306 e. The van der Waals surface area contributed by atoms with Gasteiger partial charge in [-0.05, 0) is 43.4 Å². The van der Waals surface area contributed by atoms with Gasteiger partial charge in [-0.3, -0.25) is 14.4 Å². The minimum atomic E-state index is -0.858. The van der Waals surface area contributed by atoms with Crippen LogP contribution in [-0.4, -0.2) is 33.9 Å². The average molecular weight is 388 g/mol. The van der Waals surface area contributed by atoms with Crippen molar-refractivity contribution in [2.75, 3.05) is 0 Å².